The molecule has 0 aliphatic carbocycles. The molecule has 1 aliphatic rings. The molecule has 3 rings (SSSR count). The second-order valence-corrected chi connectivity index (χ2v) is 7.37. The fourth-order valence-corrected chi connectivity index (χ4v) is 4.09. The van der Waals surface area contributed by atoms with E-state index in [0.29, 0.717) is 17.3 Å². The molecule has 0 radical (unpaired) electrons. The third-order valence-corrected chi connectivity index (χ3v) is 5.47. The van der Waals surface area contributed by atoms with Gasteiger partial charge in [0.1, 0.15) is 0 Å². The van der Waals surface area contributed by atoms with Crippen molar-refractivity contribution in [2.45, 2.75) is 24.3 Å². The molecule has 2 amide bonds. The number of carbonyl (C=O) groups is 2. The van der Waals surface area contributed by atoms with Crippen LogP contribution < -0.4 is 20.5 Å². The first-order chi connectivity index (χ1) is 12.4. The van der Waals surface area contributed by atoms with Gasteiger partial charge in [0.2, 0.25) is 5.91 Å². The van der Waals surface area contributed by atoms with Gasteiger partial charge in [-0.3, -0.25) is 14.7 Å². The molecular weight excluding hydrogens is 356 g/mol. The van der Waals surface area contributed by atoms with Crippen molar-refractivity contribution in [3.8, 4) is 11.5 Å². The van der Waals surface area contributed by atoms with Gasteiger partial charge in [0.25, 0.3) is 5.91 Å². The second-order valence-electron chi connectivity index (χ2n) is 5.92. The van der Waals surface area contributed by atoms with Gasteiger partial charge < -0.3 is 20.5 Å². The zero-order valence-electron chi connectivity index (χ0n) is 14.7. The summed E-state index contributed by atoms with van der Waals surface area (Å²) >= 11 is 1.53. The minimum Gasteiger partial charge on any atom is -0.493 e. The number of aryl methyl sites for hydroxylation is 1. The minimum absolute atomic E-state index is 0.0846. The van der Waals surface area contributed by atoms with E-state index in [-0.39, 0.29) is 23.0 Å². The van der Waals surface area contributed by atoms with Crippen molar-refractivity contribution < 1.29 is 19.1 Å². The minimum atomic E-state index is -0.562. The molecule has 2 atom stereocenters. The van der Waals surface area contributed by atoms with Crippen molar-refractivity contribution in [3.63, 3.8) is 0 Å². The van der Waals surface area contributed by atoms with E-state index >= 15 is 0 Å². The predicted molar refractivity (Wildman–Crippen MR) is 98.5 cm³/mol. The maximum atomic E-state index is 12.2. The standard InChI is InChI=1S/C17H20N4O4S/c1-8-14-15(26-9(2)17(23)19-16(14)21-20-8)10-4-5-11(12(6-10)24-3)25-7-13(18)22/h4-6,9,15H,7H2,1-3H3,(H2,18,22)(H2,19,20,21,23). The summed E-state index contributed by atoms with van der Waals surface area (Å²) in [6.07, 6.45) is 0. The average Bonchev–Trinajstić information content (AvgIpc) is 2.91. The van der Waals surface area contributed by atoms with Crippen LogP contribution in [0.4, 0.5) is 5.82 Å². The van der Waals surface area contributed by atoms with E-state index in [1.165, 1.54) is 18.9 Å². The molecule has 1 aromatic heterocycles. The molecule has 9 heteroatoms. The van der Waals surface area contributed by atoms with Crippen LogP contribution in [0.2, 0.25) is 0 Å². The van der Waals surface area contributed by atoms with Crippen molar-refractivity contribution in [2.24, 2.45) is 5.73 Å². The van der Waals surface area contributed by atoms with E-state index in [2.05, 4.69) is 15.5 Å². The Hall–Kier alpha value is -2.68. The summed E-state index contributed by atoms with van der Waals surface area (Å²) in [5.41, 5.74) is 7.88. The van der Waals surface area contributed by atoms with Crippen molar-refractivity contribution >= 4 is 29.4 Å². The lowest BCUT2D eigenvalue weighted by Crippen LogP contribution is -2.21. The fraction of sp³-hybridized carbons (Fsp3) is 0.353. The van der Waals surface area contributed by atoms with E-state index in [1.807, 2.05) is 26.0 Å². The number of primary amides is 1. The van der Waals surface area contributed by atoms with Crippen LogP contribution in [0.3, 0.4) is 0 Å². The van der Waals surface area contributed by atoms with E-state index in [1.54, 1.807) is 6.07 Å². The monoisotopic (exact) mass is 376 g/mol. The maximum absolute atomic E-state index is 12.2. The number of fused-ring (bicyclic) bond motifs is 1. The van der Waals surface area contributed by atoms with Crippen LogP contribution in [-0.4, -0.2) is 41.0 Å². The number of methoxy groups -OCH3 is 1. The van der Waals surface area contributed by atoms with Crippen LogP contribution in [0.5, 0.6) is 11.5 Å². The lowest BCUT2D eigenvalue weighted by atomic mass is 10.0. The lowest BCUT2D eigenvalue weighted by molar-refractivity contribution is -0.120. The van der Waals surface area contributed by atoms with E-state index < -0.39 is 5.91 Å². The second kappa shape index (κ2) is 7.28. The molecule has 4 N–H and O–H groups in total. The molecule has 0 saturated carbocycles. The number of H-pyrrole nitrogens is 1. The van der Waals surface area contributed by atoms with Crippen molar-refractivity contribution in [1.29, 1.82) is 0 Å². The van der Waals surface area contributed by atoms with Crippen molar-refractivity contribution in [2.75, 3.05) is 19.0 Å². The van der Waals surface area contributed by atoms with Gasteiger partial charge in [0.05, 0.1) is 17.6 Å². The number of benzene rings is 1. The Labute approximate surface area is 154 Å². The zero-order valence-corrected chi connectivity index (χ0v) is 15.5. The number of hydrogen-bond donors (Lipinski definition) is 3. The van der Waals surface area contributed by atoms with Gasteiger partial charge in [-0.15, -0.1) is 11.8 Å². The van der Waals surface area contributed by atoms with Crippen LogP contribution in [0.25, 0.3) is 0 Å². The number of carbonyl (C=O) groups excluding carboxylic acids is 2. The number of hydrogen-bond acceptors (Lipinski definition) is 6. The molecule has 0 bridgehead atoms. The topological polar surface area (TPSA) is 119 Å². The average molecular weight is 376 g/mol. The number of anilines is 1. The third kappa shape index (κ3) is 3.48. The highest BCUT2D eigenvalue weighted by molar-refractivity contribution is 8.01. The molecule has 0 saturated heterocycles. The normalized spacial score (nSPS) is 19.3. The van der Waals surface area contributed by atoms with Gasteiger partial charge in [-0.05, 0) is 31.5 Å². The Morgan fingerprint density at radius 2 is 2.15 bits per heavy atom. The SMILES string of the molecule is COc1cc(C2SC(C)C(=O)Nc3n[nH]c(C)c32)ccc1OCC(N)=O. The summed E-state index contributed by atoms with van der Waals surface area (Å²) in [6, 6.07) is 5.46. The third-order valence-electron chi connectivity index (χ3n) is 4.07. The van der Waals surface area contributed by atoms with E-state index in [0.717, 1.165) is 16.8 Å². The Morgan fingerprint density at radius 3 is 2.85 bits per heavy atom. The van der Waals surface area contributed by atoms with Crippen LogP contribution in [0.15, 0.2) is 18.2 Å². The summed E-state index contributed by atoms with van der Waals surface area (Å²) in [4.78, 5) is 23.2. The van der Waals surface area contributed by atoms with E-state index in [4.69, 9.17) is 15.2 Å². The Morgan fingerprint density at radius 1 is 1.38 bits per heavy atom. The molecule has 2 unspecified atom stereocenters. The van der Waals surface area contributed by atoms with Gasteiger partial charge in [-0.25, -0.2) is 0 Å². The maximum Gasteiger partial charge on any atom is 0.255 e. The fourth-order valence-electron chi connectivity index (χ4n) is 2.77. The summed E-state index contributed by atoms with van der Waals surface area (Å²) in [6.45, 7) is 3.55. The van der Waals surface area contributed by atoms with Crippen molar-refractivity contribution in [3.05, 3.63) is 35.0 Å². The summed E-state index contributed by atoms with van der Waals surface area (Å²) in [7, 11) is 1.53. The molecule has 2 aromatic rings. The van der Waals surface area contributed by atoms with Crippen molar-refractivity contribution in [1.82, 2.24) is 10.2 Å². The smallest absolute Gasteiger partial charge is 0.255 e. The van der Waals surface area contributed by atoms with Crippen LogP contribution in [0.1, 0.15) is 29.0 Å². The van der Waals surface area contributed by atoms with Gasteiger partial charge in [-0.2, -0.15) is 5.10 Å². The van der Waals surface area contributed by atoms with Crippen LogP contribution >= 0.6 is 11.8 Å². The number of nitrogens with one attached hydrogen (secondary N) is 2. The molecule has 0 fully saturated rings. The molecule has 2 heterocycles. The molecule has 0 spiro atoms. The Balaban J connectivity index is 2.00. The molecule has 1 aromatic carbocycles. The zero-order chi connectivity index (χ0) is 18.8. The quantitative estimate of drug-likeness (QED) is 0.731. The lowest BCUT2D eigenvalue weighted by Gasteiger charge is -2.19. The van der Waals surface area contributed by atoms with Crippen LogP contribution in [0, 0.1) is 6.92 Å². The van der Waals surface area contributed by atoms with E-state index in [9.17, 15) is 9.59 Å². The number of ether oxygens (including phenoxy) is 2. The summed E-state index contributed by atoms with van der Waals surface area (Å²) in [5, 5.41) is 9.63. The number of aromatic nitrogens is 2. The highest BCUT2D eigenvalue weighted by Gasteiger charge is 2.32. The molecule has 26 heavy (non-hydrogen) atoms. The number of nitrogens with zero attached hydrogens (tertiary/aromatic N) is 1. The van der Waals surface area contributed by atoms with Crippen LogP contribution in [-0.2, 0) is 9.59 Å². The molecular formula is C17H20N4O4S. The number of nitrogens with two attached hydrogens (primary N) is 1. The first-order valence-corrected chi connectivity index (χ1v) is 8.95. The first-order valence-electron chi connectivity index (χ1n) is 8.01. The van der Waals surface area contributed by atoms with Gasteiger partial charge in [0, 0.05) is 11.3 Å². The first kappa shape index (κ1) is 18.1. The summed E-state index contributed by atoms with van der Waals surface area (Å²) < 4.78 is 10.8. The number of amides is 2. The van der Waals surface area contributed by atoms with Gasteiger partial charge in [0.15, 0.2) is 23.9 Å². The molecule has 8 nitrogen and oxygen atoms in total. The molecule has 1 aliphatic heterocycles. The van der Waals surface area contributed by atoms with Gasteiger partial charge >= 0.3 is 0 Å². The highest BCUT2D eigenvalue weighted by atomic mass is 32.2. The predicted octanol–water partition coefficient (Wildman–Crippen LogP) is 1.75. The number of thioether (sulfide) groups is 1. The molecule has 138 valence electrons. The highest BCUT2D eigenvalue weighted by Crippen LogP contribution is 2.46. The summed E-state index contributed by atoms with van der Waals surface area (Å²) in [5.74, 6) is 0.817. The number of rotatable bonds is 5. The Bertz CT molecular complexity index is 851. The largest absolute Gasteiger partial charge is 0.493 e. The number of aromatic amines is 1. The van der Waals surface area contributed by atoms with Gasteiger partial charge in [-0.1, -0.05) is 6.07 Å². The Kier molecular flexibility index (Phi) is 5.08.